The van der Waals surface area contributed by atoms with E-state index in [1.54, 1.807) is 55.5 Å². The minimum atomic E-state index is -0.758. The number of carbonyl (C=O) groups is 4. The molecule has 0 aliphatic carbocycles. The Balaban J connectivity index is 1.48. The minimum absolute atomic E-state index is 0.0527. The predicted octanol–water partition coefficient (Wildman–Crippen LogP) is 1.87. The van der Waals surface area contributed by atoms with Gasteiger partial charge in [0.2, 0.25) is 0 Å². The molecule has 150 valence electrons. The molecule has 0 saturated heterocycles. The number of nitrogens with zero attached hydrogens (tertiary/aromatic N) is 2. The molecule has 0 radical (unpaired) electrons. The lowest BCUT2D eigenvalue weighted by Gasteiger charge is -2.14. The van der Waals surface area contributed by atoms with E-state index in [1.807, 2.05) is 0 Å². The summed E-state index contributed by atoms with van der Waals surface area (Å²) in [4.78, 5) is 50.1. The largest absolute Gasteiger partial charge is 0.364 e. The molecule has 2 aromatic carbocycles. The van der Waals surface area contributed by atoms with E-state index in [0.717, 1.165) is 0 Å². The summed E-state index contributed by atoms with van der Waals surface area (Å²) in [6.07, 6.45) is 0. The van der Waals surface area contributed by atoms with Gasteiger partial charge >= 0.3 is 0 Å². The number of primary amides is 1. The first-order valence-corrected chi connectivity index (χ1v) is 9.07. The van der Waals surface area contributed by atoms with Gasteiger partial charge in [-0.3, -0.25) is 29.2 Å². The number of aromatic nitrogens is 2. The Labute approximate surface area is 170 Å². The molecule has 1 aliphatic heterocycles. The molecule has 0 unspecified atom stereocenters. The normalized spacial score (nSPS) is 12.8. The van der Waals surface area contributed by atoms with Crippen LogP contribution in [0.2, 0.25) is 0 Å². The van der Waals surface area contributed by atoms with E-state index in [2.05, 4.69) is 15.5 Å². The Kier molecular flexibility index (Phi) is 4.63. The van der Waals surface area contributed by atoms with Crippen LogP contribution in [0.3, 0.4) is 0 Å². The van der Waals surface area contributed by atoms with E-state index in [1.165, 1.54) is 4.90 Å². The number of hydrogen-bond acceptors (Lipinski definition) is 5. The topological polar surface area (TPSA) is 138 Å². The number of rotatable bonds is 5. The maximum absolute atomic E-state index is 12.5. The molecule has 4 amide bonds. The van der Waals surface area contributed by atoms with Crippen LogP contribution < -0.4 is 11.1 Å². The molecule has 1 aromatic heterocycles. The Morgan fingerprint density at radius 2 is 1.63 bits per heavy atom. The lowest BCUT2D eigenvalue weighted by Crippen LogP contribution is -2.29. The smallest absolute Gasteiger partial charge is 0.271 e. The molecule has 9 nitrogen and oxygen atoms in total. The number of fused-ring (bicyclic) bond motifs is 1. The van der Waals surface area contributed by atoms with Gasteiger partial charge in [0.05, 0.1) is 29.1 Å². The summed E-state index contributed by atoms with van der Waals surface area (Å²) in [5.74, 6) is -1.89. The van der Waals surface area contributed by atoms with Gasteiger partial charge in [-0.15, -0.1) is 0 Å². The molecule has 1 aliphatic rings. The molecule has 30 heavy (non-hydrogen) atoms. The summed E-state index contributed by atoms with van der Waals surface area (Å²) in [6.45, 7) is 1.75. The first-order chi connectivity index (χ1) is 14.4. The summed E-state index contributed by atoms with van der Waals surface area (Å²) in [5.41, 5.74) is 7.73. The van der Waals surface area contributed by atoms with E-state index >= 15 is 0 Å². The quantitative estimate of drug-likeness (QED) is 0.558. The van der Waals surface area contributed by atoms with E-state index in [9.17, 15) is 19.2 Å². The van der Waals surface area contributed by atoms with E-state index in [0.29, 0.717) is 27.9 Å². The third-order valence-corrected chi connectivity index (χ3v) is 4.85. The zero-order valence-corrected chi connectivity index (χ0v) is 15.9. The summed E-state index contributed by atoms with van der Waals surface area (Å²) in [5, 5.41) is 9.01. The fourth-order valence-electron chi connectivity index (χ4n) is 3.27. The highest BCUT2D eigenvalue weighted by Gasteiger charge is 2.34. The molecular formula is C21H17N5O4. The number of nitrogens with one attached hydrogen (secondary N) is 2. The van der Waals surface area contributed by atoms with Crippen LogP contribution in [0.5, 0.6) is 0 Å². The van der Waals surface area contributed by atoms with Gasteiger partial charge in [0.15, 0.2) is 5.69 Å². The van der Waals surface area contributed by atoms with Crippen LogP contribution in [0.15, 0.2) is 48.5 Å². The second-order valence-corrected chi connectivity index (χ2v) is 6.83. The summed E-state index contributed by atoms with van der Waals surface area (Å²) < 4.78 is 0. The standard InChI is InChI=1S/C21H17N5O4/c1-11-16(17(18(22)27)25-24-11)23-19(28)13-8-6-12(7-9-13)10-26-20(29)14-4-2-3-5-15(14)21(26)30/h2-9H,10H2,1H3,(H2,22,27)(H,23,28)(H,24,25). The second kappa shape index (κ2) is 7.28. The Morgan fingerprint density at radius 3 is 2.20 bits per heavy atom. The fraction of sp³-hybridized carbons (Fsp3) is 0.0952. The van der Waals surface area contributed by atoms with Crippen molar-refractivity contribution in [3.63, 3.8) is 0 Å². The van der Waals surface area contributed by atoms with Crippen molar-refractivity contribution in [2.75, 3.05) is 5.32 Å². The van der Waals surface area contributed by atoms with Gasteiger partial charge in [-0.25, -0.2) is 0 Å². The molecule has 4 rings (SSSR count). The third-order valence-electron chi connectivity index (χ3n) is 4.85. The van der Waals surface area contributed by atoms with Crippen molar-refractivity contribution < 1.29 is 19.2 Å². The van der Waals surface area contributed by atoms with Crippen molar-refractivity contribution in [1.29, 1.82) is 0 Å². The number of benzene rings is 2. The monoisotopic (exact) mass is 403 g/mol. The summed E-state index contributed by atoms with van der Waals surface area (Å²) in [7, 11) is 0. The van der Waals surface area contributed by atoms with Crippen molar-refractivity contribution in [2.24, 2.45) is 5.73 Å². The van der Waals surface area contributed by atoms with Gasteiger partial charge < -0.3 is 11.1 Å². The average molecular weight is 403 g/mol. The van der Waals surface area contributed by atoms with Crippen LogP contribution >= 0.6 is 0 Å². The summed E-state index contributed by atoms with van der Waals surface area (Å²) in [6, 6.07) is 13.1. The number of aryl methyl sites for hydroxylation is 1. The second-order valence-electron chi connectivity index (χ2n) is 6.83. The van der Waals surface area contributed by atoms with Gasteiger partial charge in [0, 0.05) is 5.56 Å². The van der Waals surface area contributed by atoms with Crippen LogP contribution in [0.4, 0.5) is 5.69 Å². The van der Waals surface area contributed by atoms with Crippen LogP contribution in [0.25, 0.3) is 0 Å². The zero-order chi connectivity index (χ0) is 21.4. The number of amides is 4. The first kappa shape index (κ1) is 19.1. The Bertz CT molecular complexity index is 1160. The molecule has 0 spiro atoms. The predicted molar refractivity (Wildman–Crippen MR) is 107 cm³/mol. The van der Waals surface area contributed by atoms with Gasteiger partial charge in [0.25, 0.3) is 23.6 Å². The van der Waals surface area contributed by atoms with Crippen LogP contribution in [0, 0.1) is 6.92 Å². The molecule has 0 saturated carbocycles. The fourth-order valence-corrected chi connectivity index (χ4v) is 3.27. The number of anilines is 1. The minimum Gasteiger partial charge on any atom is -0.364 e. The molecule has 4 N–H and O–H groups in total. The molecule has 3 aromatic rings. The van der Waals surface area contributed by atoms with Gasteiger partial charge in [-0.1, -0.05) is 24.3 Å². The maximum atomic E-state index is 12.5. The summed E-state index contributed by atoms with van der Waals surface area (Å²) >= 11 is 0. The molecule has 9 heteroatoms. The van der Waals surface area contributed by atoms with Crippen molar-refractivity contribution in [1.82, 2.24) is 15.1 Å². The lowest BCUT2D eigenvalue weighted by molar-refractivity contribution is 0.0641. The average Bonchev–Trinajstić information content (AvgIpc) is 3.22. The van der Waals surface area contributed by atoms with E-state index in [-0.39, 0.29) is 29.7 Å². The SMILES string of the molecule is Cc1[nH]nc(C(N)=O)c1NC(=O)c1ccc(CN2C(=O)c3ccccc3C2=O)cc1. The molecule has 2 heterocycles. The van der Waals surface area contributed by atoms with Crippen LogP contribution in [-0.4, -0.2) is 38.7 Å². The maximum Gasteiger partial charge on any atom is 0.271 e. The van der Waals surface area contributed by atoms with E-state index in [4.69, 9.17) is 5.73 Å². The highest BCUT2D eigenvalue weighted by molar-refractivity contribution is 6.21. The molecule has 0 fully saturated rings. The van der Waals surface area contributed by atoms with Crippen molar-refractivity contribution in [3.05, 3.63) is 82.2 Å². The van der Waals surface area contributed by atoms with Crippen LogP contribution in [-0.2, 0) is 6.54 Å². The lowest BCUT2D eigenvalue weighted by atomic mass is 10.1. The Hall–Kier alpha value is -4.27. The van der Waals surface area contributed by atoms with Gasteiger partial charge in [-0.05, 0) is 36.8 Å². The molecule has 0 bridgehead atoms. The first-order valence-electron chi connectivity index (χ1n) is 9.07. The zero-order valence-electron chi connectivity index (χ0n) is 15.9. The molecular weight excluding hydrogens is 386 g/mol. The number of aromatic amines is 1. The van der Waals surface area contributed by atoms with Gasteiger partial charge in [0.1, 0.15) is 0 Å². The Morgan fingerprint density at radius 1 is 1.03 bits per heavy atom. The van der Waals surface area contributed by atoms with Gasteiger partial charge in [-0.2, -0.15) is 5.10 Å². The number of carbonyl (C=O) groups excluding carboxylic acids is 4. The number of imide groups is 1. The number of hydrogen-bond donors (Lipinski definition) is 3. The number of nitrogens with two attached hydrogens (primary N) is 1. The number of H-pyrrole nitrogens is 1. The van der Waals surface area contributed by atoms with Crippen molar-refractivity contribution in [3.8, 4) is 0 Å². The van der Waals surface area contributed by atoms with E-state index < -0.39 is 11.8 Å². The third kappa shape index (κ3) is 3.22. The van der Waals surface area contributed by atoms with Crippen molar-refractivity contribution in [2.45, 2.75) is 13.5 Å². The van der Waals surface area contributed by atoms with Crippen molar-refractivity contribution >= 4 is 29.3 Å². The highest BCUT2D eigenvalue weighted by atomic mass is 16.2. The van der Waals surface area contributed by atoms with Crippen LogP contribution in [0.1, 0.15) is 52.8 Å². The highest BCUT2D eigenvalue weighted by Crippen LogP contribution is 2.24. The molecule has 0 atom stereocenters.